The van der Waals surface area contributed by atoms with Gasteiger partial charge in [-0.3, -0.25) is 4.98 Å². The third-order valence-electron chi connectivity index (χ3n) is 5.61. The summed E-state index contributed by atoms with van der Waals surface area (Å²) in [5.74, 6) is 0.501. The average Bonchev–Trinajstić information content (AvgIpc) is 2.72. The van der Waals surface area contributed by atoms with E-state index in [2.05, 4.69) is 25.4 Å². The lowest BCUT2D eigenvalue weighted by molar-refractivity contribution is -0.137. The molecule has 3 saturated heterocycles. The number of aromatic nitrogens is 3. The smallest absolute Gasteiger partial charge is 0.371 e. The molecule has 2 atom stereocenters. The third kappa shape index (κ3) is 3.54. The van der Waals surface area contributed by atoms with Gasteiger partial charge in [-0.05, 0) is 30.7 Å². The largest absolute Gasteiger partial charge is 0.416 e. The Balaban J connectivity index is 1.42. The van der Waals surface area contributed by atoms with E-state index in [1.807, 2.05) is 19.2 Å². The summed E-state index contributed by atoms with van der Waals surface area (Å²) in [4.78, 5) is 6.84. The Morgan fingerprint density at radius 2 is 1.93 bits per heavy atom. The highest BCUT2D eigenvalue weighted by molar-refractivity contribution is 5.92. The first-order chi connectivity index (χ1) is 14.4. The molecule has 30 heavy (non-hydrogen) atoms. The minimum atomic E-state index is -4.37. The maximum Gasteiger partial charge on any atom is 0.416 e. The van der Waals surface area contributed by atoms with Crippen LogP contribution in [-0.2, 0) is 17.5 Å². The van der Waals surface area contributed by atoms with Crippen LogP contribution in [0.4, 0.5) is 24.7 Å². The second kappa shape index (κ2) is 7.09. The molecule has 1 N–H and O–H groups in total. The van der Waals surface area contributed by atoms with Crippen molar-refractivity contribution in [1.29, 1.82) is 0 Å². The molecular weight excluding hydrogens is 395 g/mol. The zero-order chi connectivity index (χ0) is 20.9. The van der Waals surface area contributed by atoms with Crippen LogP contribution >= 0.6 is 0 Å². The predicted molar refractivity (Wildman–Crippen MR) is 106 cm³/mol. The summed E-state index contributed by atoms with van der Waals surface area (Å²) in [6.07, 6.45) is -0.889. The molecule has 1 aromatic carbocycles. The van der Waals surface area contributed by atoms with Crippen LogP contribution in [0.2, 0.25) is 0 Å². The van der Waals surface area contributed by atoms with Crippen LogP contribution < -0.4 is 10.2 Å². The number of fused-ring (bicyclic) bond motifs is 3. The number of hydrogen-bond donors (Lipinski definition) is 1. The van der Waals surface area contributed by atoms with Gasteiger partial charge in [-0.25, -0.2) is 0 Å². The van der Waals surface area contributed by atoms with Gasteiger partial charge in [0.2, 0.25) is 0 Å². The highest BCUT2D eigenvalue weighted by Crippen LogP contribution is 2.33. The molecule has 5 heterocycles. The minimum Gasteiger partial charge on any atom is -0.371 e. The first-order valence-corrected chi connectivity index (χ1v) is 9.80. The summed E-state index contributed by atoms with van der Waals surface area (Å²) in [5.41, 5.74) is 2.24. The molecule has 0 aliphatic carbocycles. The van der Waals surface area contributed by atoms with Gasteiger partial charge in [0.25, 0.3) is 0 Å². The number of aryl methyl sites for hydroxylation is 1. The molecule has 2 bridgehead atoms. The van der Waals surface area contributed by atoms with Crippen LogP contribution in [0.1, 0.15) is 23.2 Å². The van der Waals surface area contributed by atoms with E-state index in [-0.39, 0.29) is 18.8 Å². The fraction of sp³-hybridized carbons (Fsp3) is 0.381. The van der Waals surface area contributed by atoms with Crippen molar-refractivity contribution in [2.45, 2.75) is 38.3 Å². The predicted octanol–water partition coefficient (Wildman–Crippen LogP) is 3.94. The molecule has 9 heteroatoms. The van der Waals surface area contributed by atoms with E-state index in [1.165, 1.54) is 6.07 Å². The van der Waals surface area contributed by atoms with Gasteiger partial charge in [0.1, 0.15) is 0 Å². The van der Waals surface area contributed by atoms with Crippen molar-refractivity contribution in [3.63, 3.8) is 0 Å². The number of pyridine rings is 1. The van der Waals surface area contributed by atoms with E-state index in [4.69, 9.17) is 4.74 Å². The summed E-state index contributed by atoms with van der Waals surface area (Å²) < 4.78 is 44.6. The molecule has 0 saturated carbocycles. The second-order valence-electron chi connectivity index (χ2n) is 7.80. The SMILES string of the molecule is Cc1nnc(NCc2cccc(C(F)(F)F)c2)c2cc(N3CC4CC(C3)O4)cnc12. The van der Waals surface area contributed by atoms with E-state index in [1.54, 1.807) is 6.07 Å². The average molecular weight is 415 g/mol. The topological polar surface area (TPSA) is 63.2 Å². The third-order valence-corrected chi connectivity index (χ3v) is 5.61. The molecule has 6 rings (SSSR count). The lowest BCUT2D eigenvalue weighted by Crippen LogP contribution is -2.57. The molecule has 3 aliphatic rings. The number of anilines is 2. The van der Waals surface area contributed by atoms with Crippen LogP contribution in [-0.4, -0.2) is 40.5 Å². The van der Waals surface area contributed by atoms with Crippen molar-refractivity contribution in [3.05, 3.63) is 53.3 Å². The summed E-state index contributed by atoms with van der Waals surface area (Å²) in [6, 6.07) is 7.27. The van der Waals surface area contributed by atoms with Gasteiger partial charge in [0.05, 0.1) is 40.9 Å². The molecule has 0 radical (unpaired) electrons. The molecule has 2 unspecified atom stereocenters. The highest BCUT2D eigenvalue weighted by atomic mass is 19.4. The van der Waals surface area contributed by atoms with Gasteiger partial charge in [-0.15, -0.1) is 5.10 Å². The number of benzene rings is 1. The second-order valence-corrected chi connectivity index (χ2v) is 7.80. The van der Waals surface area contributed by atoms with E-state index in [0.29, 0.717) is 17.1 Å². The molecule has 2 aromatic heterocycles. The summed E-state index contributed by atoms with van der Waals surface area (Å²) >= 11 is 0. The molecule has 3 aliphatic heterocycles. The van der Waals surface area contributed by atoms with E-state index in [9.17, 15) is 13.2 Å². The van der Waals surface area contributed by atoms with Gasteiger partial charge in [0, 0.05) is 31.4 Å². The number of morpholine rings is 1. The van der Waals surface area contributed by atoms with Gasteiger partial charge >= 0.3 is 6.18 Å². The van der Waals surface area contributed by atoms with E-state index >= 15 is 0 Å². The number of halogens is 3. The van der Waals surface area contributed by atoms with E-state index in [0.717, 1.165) is 48.2 Å². The maximum atomic E-state index is 13.0. The van der Waals surface area contributed by atoms with Crippen LogP contribution in [0.25, 0.3) is 10.9 Å². The Hall–Kier alpha value is -2.94. The van der Waals surface area contributed by atoms with Crippen molar-refractivity contribution in [1.82, 2.24) is 15.2 Å². The molecule has 156 valence electrons. The number of ether oxygens (including phenoxy) is 1. The Kier molecular flexibility index (Phi) is 4.50. The molecule has 0 spiro atoms. The first kappa shape index (κ1) is 19.0. The molecule has 3 aromatic rings. The summed E-state index contributed by atoms with van der Waals surface area (Å²) in [7, 11) is 0. The number of piperidine rings is 1. The zero-order valence-electron chi connectivity index (χ0n) is 16.3. The summed E-state index contributed by atoms with van der Waals surface area (Å²) in [5, 5.41) is 12.3. The van der Waals surface area contributed by atoms with Crippen LogP contribution in [0.3, 0.4) is 0 Å². The fourth-order valence-electron chi connectivity index (χ4n) is 4.06. The van der Waals surface area contributed by atoms with Gasteiger partial charge in [-0.1, -0.05) is 12.1 Å². The normalized spacial score (nSPS) is 20.9. The number of nitrogens with zero attached hydrogens (tertiary/aromatic N) is 4. The Labute approximate surface area is 171 Å². The number of rotatable bonds is 4. The zero-order valence-corrected chi connectivity index (χ0v) is 16.3. The first-order valence-electron chi connectivity index (χ1n) is 9.80. The minimum absolute atomic E-state index is 0.197. The number of alkyl halides is 3. The molecule has 6 nitrogen and oxygen atoms in total. The highest BCUT2D eigenvalue weighted by Gasteiger charge is 2.38. The number of nitrogens with one attached hydrogen (secondary N) is 1. The standard InChI is InChI=1S/C21H20F3N5O/c1-12-19-18(6-15(9-25-19)29-10-16-7-17(11-29)30-16)20(28-27-12)26-8-13-3-2-4-14(5-13)21(22,23)24/h2-6,9,16-17H,7-8,10-11H2,1H3,(H,26,28). The van der Waals surface area contributed by atoms with Crippen LogP contribution in [0, 0.1) is 6.92 Å². The van der Waals surface area contributed by atoms with Crippen molar-refractivity contribution in [3.8, 4) is 0 Å². The van der Waals surface area contributed by atoms with Crippen molar-refractivity contribution < 1.29 is 17.9 Å². The summed E-state index contributed by atoms with van der Waals surface area (Å²) in [6.45, 7) is 3.69. The van der Waals surface area contributed by atoms with Crippen molar-refractivity contribution >= 4 is 22.4 Å². The maximum absolute atomic E-state index is 13.0. The Bertz CT molecular complexity index is 1090. The number of hydrogen-bond acceptors (Lipinski definition) is 6. The van der Waals surface area contributed by atoms with Crippen molar-refractivity contribution in [2.75, 3.05) is 23.3 Å². The lowest BCUT2D eigenvalue weighted by atomic mass is 9.98. The monoisotopic (exact) mass is 415 g/mol. The van der Waals surface area contributed by atoms with E-state index < -0.39 is 11.7 Å². The van der Waals surface area contributed by atoms with Crippen LogP contribution in [0.15, 0.2) is 36.5 Å². The Morgan fingerprint density at radius 3 is 2.67 bits per heavy atom. The van der Waals surface area contributed by atoms with Gasteiger partial charge < -0.3 is 15.0 Å². The van der Waals surface area contributed by atoms with Gasteiger partial charge in [0.15, 0.2) is 5.82 Å². The molecular formula is C21H20F3N5O. The molecule has 0 amide bonds. The molecule has 3 fully saturated rings. The quantitative estimate of drug-likeness (QED) is 0.697. The lowest BCUT2D eigenvalue weighted by Gasteiger charge is -2.47. The van der Waals surface area contributed by atoms with Crippen molar-refractivity contribution in [2.24, 2.45) is 0 Å². The Morgan fingerprint density at radius 1 is 1.17 bits per heavy atom. The van der Waals surface area contributed by atoms with Gasteiger partial charge in [-0.2, -0.15) is 18.3 Å². The van der Waals surface area contributed by atoms with Crippen LogP contribution in [0.5, 0.6) is 0 Å². The fourth-order valence-corrected chi connectivity index (χ4v) is 4.06.